The molecule has 0 aliphatic rings. The molecule has 0 atom stereocenters. The second kappa shape index (κ2) is 5.26. The molecule has 1 nitrogen and oxygen atoms in total. The Morgan fingerprint density at radius 1 is 0.941 bits per heavy atom. The first-order chi connectivity index (χ1) is 8.36. The summed E-state index contributed by atoms with van der Waals surface area (Å²) >= 11 is 0. The van der Waals surface area contributed by atoms with Gasteiger partial charge in [-0.2, -0.15) is 0 Å². The fraction of sp³-hybridized carbons (Fsp3) is 0.0625. The largest absolute Gasteiger partial charge is 0.303 e. The average molecular weight is 222 g/mol. The Hall–Kier alpha value is -2.15. The zero-order valence-electron chi connectivity index (χ0n) is 9.60. The van der Waals surface area contributed by atoms with E-state index in [0.29, 0.717) is 6.42 Å². The van der Waals surface area contributed by atoms with Crippen LogP contribution in [-0.4, -0.2) is 6.29 Å². The van der Waals surface area contributed by atoms with Gasteiger partial charge in [-0.1, -0.05) is 61.2 Å². The lowest BCUT2D eigenvalue weighted by Gasteiger charge is -2.10. The first kappa shape index (κ1) is 11.3. The summed E-state index contributed by atoms with van der Waals surface area (Å²) in [5, 5.41) is 0. The summed E-state index contributed by atoms with van der Waals surface area (Å²) in [5.41, 5.74) is 4.37. The Morgan fingerprint density at radius 3 is 2.29 bits per heavy atom. The number of carbonyl (C=O) groups is 1. The molecule has 0 fully saturated rings. The maximum absolute atomic E-state index is 10.7. The van der Waals surface area contributed by atoms with Gasteiger partial charge >= 0.3 is 0 Å². The molecule has 1 heteroatoms. The standard InChI is InChI=1S/C16H14O/c1-2-13-7-3-5-9-15(13)16-10-6-4-8-14(16)11-12-17/h2-10,12H,1,11H2. The molecule has 0 radical (unpaired) electrons. The Kier molecular flexibility index (Phi) is 3.51. The second-order valence-corrected chi connectivity index (χ2v) is 3.82. The summed E-state index contributed by atoms with van der Waals surface area (Å²) < 4.78 is 0. The minimum Gasteiger partial charge on any atom is -0.303 e. The molecule has 17 heavy (non-hydrogen) atoms. The van der Waals surface area contributed by atoms with Crippen molar-refractivity contribution in [3.8, 4) is 11.1 Å². The van der Waals surface area contributed by atoms with Gasteiger partial charge in [0.05, 0.1) is 0 Å². The van der Waals surface area contributed by atoms with Crippen molar-refractivity contribution in [3.63, 3.8) is 0 Å². The summed E-state index contributed by atoms with van der Waals surface area (Å²) in [4.78, 5) is 10.7. The highest BCUT2D eigenvalue weighted by Crippen LogP contribution is 2.27. The van der Waals surface area contributed by atoms with Crippen molar-refractivity contribution < 1.29 is 4.79 Å². The molecule has 0 amide bonds. The zero-order chi connectivity index (χ0) is 12.1. The van der Waals surface area contributed by atoms with Crippen LogP contribution in [0.2, 0.25) is 0 Å². The molecular weight excluding hydrogens is 208 g/mol. The predicted molar refractivity (Wildman–Crippen MR) is 71.7 cm³/mol. The van der Waals surface area contributed by atoms with Crippen molar-refractivity contribution in [3.05, 3.63) is 66.2 Å². The van der Waals surface area contributed by atoms with E-state index in [1.807, 2.05) is 48.5 Å². The average Bonchev–Trinajstić information content (AvgIpc) is 2.40. The second-order valence-electron chi connectivity index (χ2n) is 3.82. The van der Waals surface area contributed by atoms with Crippen LogP contribution in [0.4, 0.5) is 0 Å². The summed E-state index contributed by atoms with van der Waals surface area (Å²) in [5.74, 6) is 0. The molecule has 2 aromatic rings. The predicted octanol–water partition coefficient (Wildman–Crippen LogP) is 3.74. The first-order valence-electron chi connectivity index (χ1n) is 5.60. The lowest BCUT2D eigenvalue weighted by atomic mass is 9.94. The maximum atomic E-state index is 10.7. The van der Waals surface area contributed by atoms with Gasteiger partial charge in [-0.15, -0.1) is 0 Å². The molecule has 0 saturated carbocycles. The number of aldehydes is 1. The van der Waals surface area contributed by atoms with Crippen LogP contribution in [0.25, 0.3) is 17.2 Å². The zero-order valence-corrected chi connectivity index (χ0v) is 9.60. The lowest BCUT2D eigenvalue weighted by molar-refractivity contribution is -0.107. The van der Waals surface area contributed by atoms with Gasteiger partial charge in [0.15, 0.2) is 0 Å². The quantitative estimate of drug-likeness (QED) is 0.720. The number of benzene rings is 2. The SMILES string of the molecule is C=Cc1ccccc1-c1ccccc1CC=O. The van der Waals surface area contributed by atoms with E-state index in [4.69, 9.17) is 0 Å². The van der Waals surface area contributed by atoms with E-state index in [9.17, 15) is 4.79 Å². The van der Waals surface area contributed by atoms with Crippen molar-refractivity contribution in [2.75, 3.05) is 0 Å². The molecule has 0 bridgehead atoms. The van der Waals surface area contributed by atoms with E-state index in [-0.39, 0.29) is 0 Å². The summed E-state index contributed by atoms with van der Waals surface area (Å²) in [7, 11) is 0. The van der Waals surface area contributed by atoms with Crippen molar-refractivity contribution in [1.29, 1.82) is 0 Å². The normalized spacial score (nSPS) is 9.88. The molecule has 84 valence electrons. The Balaban J connectivity index is 2.59. The molecular formula is C16H14O. The van der Waals surface area contributed by atoms with Gasteiger partial charge in [-0.25, -0.2) is 0 Å². The number of hydrogen-bond acceptors (Lipinski definition) is 1. The third kappa shape index (κ3) is 2.34. The van der Waals surface area contributed by atoms with Crippen molar-refractivity contribution in [1.82, 2.24) is 0 Å². The Bertz CT molecular complexity index is 541. The van der Waals surface area contributed by atoms with Gasteiger partial charge in [-0.3, -0.25) is 0 Å². The van der Waals surface area contributed by atoms with Gasteiger partial charge in [0.25, 0.3) is 0 Å². The number of carbonyl (C=O) groups excluding carboxylic acids is 1. The van der Waals surface area contributed by atoms with Crippen LogP contribution in [0.5, 0.6) is 0 Å². The smallest absolute Gasteiger partial charge is 0.124 e. The molecule has 0 aliphatic carbocycles. The highest BCUT2D eigenvalue weighted by atomic mass is 16.1. The van der Waals surface area contributed by atoms with Gasteiger partial charge in [0, 0.05) is 6.42 Å². The van der Waals surface area contributed by atoms with E-state index in [2.05, 4.69) is 12.6 Å². The van der Waals surface area contributed by atoms with Crippen LogP contribution >= 0.6 is 0 Å². The highest BCUT2D eigenvalue weighted by molar-refractivity contribution is 5.78. The minimum absolute atomic E-state index is 0.446. The third-order valence-electron chi connectivity index (χ3n) is 2.79. The lowest BCUT2D eigenvalue weighted by Crippen LogP contribution is -1.92. The van der Waals surface area contributed by atoms with Crippen LogP contribution in [0.15, 0.2) is 55.1 Å². The monoisotopic (exact) mass is 222 g/mol. The van der Waals surface area contributed by atoms with Gasteiger partial charge in [0.2, 0.25) is 0 Å². The van der Waals surface area contributed by atoms with E-state index in [1.54, 1.807) is 0 Å². The Morgan fingerprint density at radius 2 is 1.59 bits per heavy atom. The molecule has 0 N–H and O–H groups in total. The molecule has 2 aromatic carbocycles. The van der Waals surface area contributed by atoms with Gasteiger partial charge < -0.3 is 4.79 Å². The maximum Gasteiger partial charge on any atom is 0.124 e. The molecule has 0 aliphatic heterocycles. The Labute approximate surface area is 101 Å². The molecule has 0 heterocycles. The fourth-order valence-corrected chi connectivity index (χ4v) is 1.97. The van der Waals surface area contributed by atoms with Crippen LogP contribution in [0.3, 0.4) is 0 Å². The van der Waals surface area contributed by atoms with E-state index in [1.165, 1.54) is 0 Å². The van der Waals surface area contributed by atoms with E-state index >= 15 is 0 Å². The molecule has 0 saturated heterocycles. The number of rotatable bonds is 4. The summed E-state index contributed by atoms with van der Waals surface area (Å²) in [6.07, 6.45) is 3.23. The van der Waals surface area contributed by atoms with E-state index < -0.39 is 0 Å². The number of hydrogen-bond donors (Lipinski definition) is 0. The first-order valence-corrected chi connectivity index (χ1v) is 5.60. The van der Waals surface area contributed by atoms with E-state index in [0.717, 1.165) is 28.5 Å². The fourth-order valence-electron chi connectivity index (χ4n) is 1.97. The molecule has 0 aromatic heterocycles. The summed E-state index contributed by atoms with van der Waals surface area (Å²) in [6.45, 7) is 3.82. The van der Waals surface area contributed by atoms with Crippen LogP contribution in [0.1, 0.15) is 11.1 Å². The van der Waals surface area contributed by atoms with Crippen molar-refractivity contribution in [2.24, 2.45) is 0 Å². The summed E-state index contributed by atoms with van der Waals surface area (Å²) in [6, 6.07) is 16.1. The minimum atomic E-state index is 0.446. The van der Waals surface area contributed by atoms with Crippen molar-refractivity contribution >= 4 is 12.4 Å². The van der Waals surface area contributed by atoms with Crippen molar-refractivity contribution in [2.45, 2.75) is 6.42 Å². The topological polar surface area (TPSA) is 17.1 Å². The highest BCUT2D eigenvalue weighted by Gasteiger charge is 2.06. The van der Waals surface area contributed by atoms with Gasteiger partial charge in [-0.05, 0) is 22.3 Å². The van der Waals surface area contributed by atoms with Crippen LogP contribution < -0.4 is 0 Å². The molecule has 2 rings (SSSR count). The third-order valence-corrected chi connectivity index (χ3v) is 2.79. The van der Waals surface area contributed by atoms with Crippen LogP contribution in [0, 0.1) is 0 Å². The van der Waals surface area contributed by atoms with Crippen LogP contribution in [-0.2, 0) is 11.2 Å². The van der Waals surface area contributed by atoms with Gasteiger partial charge in [0.1, 0.15) is 6.29 Å². The molecule has 0 unspecified atom stereocenters. The molecule has 0 spiro atoms.